The number of nitrogens with zero attached hydrogens (tertiary/aromatic N) is 2. The second-order valence-electron chi connectivity index (χ2n) is 5.16. The Labute approximate surface area is 126 Å². The van der Waals surface area contributed by atoms with Gasteiger partial charge in [-0.15, -0.1) is 0 Å². The van der Waals surface area contributed by atoms with Crippen LogP contribution in [0, 0.1) is 0 Å². The Bertz CT molecular complexity index is 709. The summed E-state index contributed by atoms with van der Waals surface area (Å²) in [5.74, 6) is 0.737. The number of fused-ring (bicyclic) bond motifs is 1. The summed E-state index contributed by atoms with van der Waals surface area (Å²) < 4.78 is 2.41. The second kappa shape index (κ2) is 5.40. The molecule has 0 unspecified atom stereocenters. The van der Waals surface area contributed by atoms with Crippen molar-refractivity contribution in [2.75, 3.05) is 5.32 Å². The summed E-state index contributed by atoms with van der Waals surface area (Å²) in [4.78, 5) is 16.5. The minimum Gasteiger partial charge on any atom is -0.336 e. The third-order valence-electron chi connectivity index (χ3n) is 3.64. The third kappa shape index (κ3) is 2.63. The summed E-state index contributed by atoms with van der Waals surface area (Å²) in [7, 11) is 1.73. The highest BCUT2D eigenvalue weighted by Gasteiger charge is 2.11. The van der Waals surface area contributed by atoms with E-state index in [0.29, 0.717) is 5.69 Å². The molecule has 0 aliphatic heterocycles. The van der Waals surface area contributed by atoms with Gasteiger partial charge in [0.1, 0.15) is 11.5 Å². The van der Waals surface area contributed by atoms with E-state index >= 15 is 0 Å². The zero-order valence-electron chi connectivity index (χ0n) is 11.3. The molecular weight excluding hydrogens is 318 g/mol. The first-order chi connectivity index (χ1) is 9.63. The van der Waals surface area contributed by atoms with E-state index < -0.39 is 0 Å². The topological polar surface area (TPSA) is 46.9 Å². The van der Waals surface area contributed by atoms with Crippen LogP contribution in [0.5, 0.6) is 0 Å². The highest BCUT2D eigenvalue weighted by molar-refractivity contribution is 9.10. The second-order valence-corrected chi connectivity index (χ2v) is 6.07. The number of aryl methyl sites for hydroxylation is 3. The lowest BCUT2D eigenvalue weighted by Gasteiger charge is -2.16. The van der Waals surface area contributed by atoms with Gasteiger partial charge >= 0.3 is 0 Å². The normalized spacial score (nSPS) is 13.9. The van der Waals surface area contributed by atoms with E-state index in [9.17, 15) is 4.79 Å². The van der Waals surface area contributed by atoms with Gasteiger partial charge in [0, 0.05) is 23.9 Å². The summed E-state index contributed by atoms with van der Waals surface area (Å²) in [6.45, 7) is 0. The predicted octanol–water partition coefficient (Wildman–Crippen LogP) is 3.17. The Morgan fingerprint density at radius 2 is 2.00 bits per heavy atom. The van der Waals surface area contributed by atoms with E-state index in [2.05, 4.69) is 32.3 Å². The van der Waals surface area contributed by atoms with Crippen LogP contribution in [-0.4, -0.2) is 9.55 Å². The molecule has 0 saturated heterocycles. The van der Waals surface area contributed by atoms with Crippen molar-refractivity contribution in [2.24, 2.45) is 7.05 Å². The number of aromatic nitrogens is 2. The maximum Gasteiger partial charge on any atom is 0.274 e. The van der Waals surface area contributed by atoms with E-state index in [1.807, 2.05) is 6.20 Å². The van der Waals surface area contributed by atoms with Gasteiger partial charge in [0.25, 0.3) is 5.56 Å². The van der Waals surface area contributed by atoms with E-state index in [0.717, 1.165) is 23.1 Å². The van der Waals surface area contributed by atoms with Crippen LogP contribution >= 0.6 is 15.9 Å². The molecule has 2 aromatic rings. The molecule has 1 aliphatic carbocycles. The van der Waals surface area contributed by atoms with Crippen molar-refractivity contribution in [1.29, 1.82) is 0 Å². The van der Waals surface area contributed by atoms with Crippen LogP contribution in [-0.2, 0) is 19.9 Å². The minimum absolute atomic E-state index is 0.0623. The molecule has 0 saturated carbocycles. The lowest BCUT2D eigenvalue weighted by Crippen LogP contribution is -2.19. The van der Waals surface area contributed by atoms with Gasteiger partial charge in [0.2, 0.25) is 0 Å². The molecule has 0 radical (unpaired) electrons. The van der Waals surface area contributed by atoms with E-state index in [-0.39, 0.29) is 5.56 Å². The maximum absolute atomic E-state index is 12.1. The van der Waals surface area contributed by atoms with Gasteiger partial charge in [-0.05, 0) is 64.9 Å². The Morgan fingerprint density at radius 3 is 2.80 bits per heavy atom. The Balaban J connectivity index is 1.94. The van der Waals surface area contributed by atoms with Gasteiger partial charge in [-0.1, -0.05) is 0 Å². The molecule has 3 rings (SSSR count). The van der Waals surface area contributed by atoms with Crippen LogP contribution < -0.4 is 10.9 Å². The smallest absolute Gasteiger partial charge is 0.274 e. The summed E-state index contributed by atoms with van der Waals surface area (Å²) in [5, 5.41) is 3.13. The average Bonchev–Trinajstić information content (AvgIpc) is 2.44. The van der Waals surface area contributed by atoms with Crippen LogP contribution in [0.4, 0.5) is 11.5 Å². The van der Waals surface area contributed by atoms with Crippen LogP contribution in [0.3, 0.4) is 0 Å². The standard InChI is InChI=1S/C15H16BrN3O/c1-19-9-12(16)7-13(15(19)20)18-14-6-10-4-2-3-5-11(10)8-17-14/h6-9H,2-5H2,1H3,(H,17,18). The van der Waals surface area contributed by atoms with Crippen molar-refractivity contribution in [3.05, 3.63) is 50.5 Å². The first-order valence-corrected chi connectivity index (χ1v) is 7.54. The summed E-state index contributed by atoms with van der Waals surface area (Å²) >= 11 is 3.40. The molecule has 0 amide bonds. The van der Waals surface area contributed by atoms with Gasteiger partial charge in [-0.2, -0.15) is 0 Å². The van der Waals surface area contributed by atoms with E-state index in [1.54, 1.807) is 23.9 Å². The number of rotatable bonds is 2. The number of anilines is 2. The molecule has 0 fully saturated rings. The van der Waals surface area contributed by atoms with E-state index in [4.69, 9.17) is 0 Å². The van der Waals surface area contributed by atoms with Crippen molar-refractivity contribution in [2.45, 2.75) is 25.7 Å². The molecule has 1 N–H and O–H groups in total. The molecule has 0 bridgehead atoms. The quantitative estimate of drug-likeness (QED) is 0.918. The van der Waals surface area contributed by atoms with Crippen molar-refractivity contribution in [3.63, 3.8) is 0 Å². The highest BCUT2D eigenvalue weighted by Crippen LogP contribution is 2.24. The van der Waals surface area contributed by atoms with Gasteiger partial charge in [-0.3, -0.25) is 4.79 Å². The fourth-order valence-electron chi connectivity index (χ4n) is 2.58. The fourth-order valence-corrected chi connectivity index (χ4v) is 3.12. The number of nitrogens with one attached hydrogen (secondary N) is 1. The molecule has 1 aliphatic rings. The van der Waals surface area contributed by atoms with Crippen LogP contribution in [0.25, 0.3) is 0 Å². The first-order valence-electron chi connectivity index (χ1n) is 6.74. The number of hydrogen-bond donors (Lipinski definition) is 1. The van der Waals surface area contributed by atoms with Gasteiger partial charge in [0.15, 0.2) is 0 Å². The average molecular weight is 334 g/mol. The molecule has 5 heteroatoms. The van der Waals surface area contributed by atoms with Crippen LogP contribution in [0.15, 0.2) is 33.8 Å². The Hall–Kier alpha value is -1.62. The Kier molecular flexibility index (Phi) is 3.61. The fraction of sp³-hybridized carbons (Fsp3) is 0.333. The lowest BCUT2D eigenvalue weighted by atomic mass is 9.93. The lowest BCUT2D eigenvalue weighted by molar-refractivity contribution is 0.682. The molecule has 2 aromatic heterocycles. The zero-order chi connectivity index (χ0) is 14.1. The van der Waals surface area contributed by atoms with Crippen molar-refractivity contribution in [1.82, 2.24) is 9.55 Å². The Morgan fingerprint density at radius 1 is 1.25 bits per heavy atom. The first kappa shape index (κ1) is 13.4. The largest absolute Gasteiger partial charge is 0.336 e. The number of hydrogen-bond acceptors (Lipinski definition) is 3. The highest BCUT2D eigenvalue weighted by atomic mass is 79.9. The van der Waals surface area contributed by atoms with Crippen LogP contribution in [0.1, 0.15) is 24.0 Å². The summed E-state index contributed by atoms with van der Waals surface area (Å²) in [6.07, 6.45) is 8.36. The van der Waals surface area contributed by atoms with Crippen molar-refractivity contribution >= 4 is 27.4 Å². The molecule has 4 nitrogen and oxygen atoms in total. The molecule has 20 heavy (non-hydrogen) atoms. The van der Waals surface area contributed by atoms with Gasteiger partial charge < -0.3 is 9.88 Å². The number of halogens is 1. The van der Waals surface area contributed by atoms with Crippen molar-refractivity contribution < 1.29 is 0 Å². The molecule has 2 heterocycles. The molecule has 0 atom stereocenters. The summed E-state index contributed by atoms with van der Waals surface area (Å²) in [6, 6.07) is 3.85. The SMILES string of the molecule is Cn1cc(Br)cc(Nc2cc3c(cn2)CCCC3)c1=O. The minimum atomic E-state index is -0.0623. The molecule has 0 spiro atoms. The summed E-state index contributed by atoms with van der Waals surface area (Å²) in [5.41, 5.74) is 3.15. The maximum atomic E-state index is 12.1. The predicted molar refractivity (Wildman–Crippen MR) is 83.5 cm³/mol. The molecule has 0 aromatic carbocycles. The molecule has 104 valence electrons. The number of pyridine rings is 2. The zero-order valence-corrected chi connectivity index (χ0v) is 12.9. The van der Waals surface area contributed by atoms with Crippen molar-refractivity contribution in [3.8, 4) is 0 Å². The van der Waals surface area contributed by atoms with Gasteiger partial charge in [0.05, 0.1) is 0 Å². The molecular formula is C15H16BrN3O. The van der Waals surface area contributed by atoms with Gasteiger partial charge in [-0.25, -0.2) is 4.98 Å². The monoisotopic (exact) mass is 333 g/mol. The third-order valence-corrected chi connectivity index (χ3v) is 4.07. The van der Waals surface area contributed by atoms with Crippen LogP contribution in [0.2, 0.25) is 0 Å². The van der Waals surface area contributed by atoms with E-state index in [1.165, 1.54) is 24.0 Å².